The Kier molecular flexibility index (Phi) is 4.97. The molecule has 0 saturated carbocycles. The summed E-state index contributed by atoms with van der Waals surface area (Å²) in [7, 11) is 0. The van der Waals surface area contributed by atoms with Gasteiger partial charge in [-0.25, -0.2) is 0 Å². The van der Waals surface area contributed by atoms with Crippen molar-refractivity contribution in [3.05, 3.63) is 47.3 Å². The lowest BCUT2D eigenvalue weighted by Gasteiger charge is -2.27. The molecule has 1 aliphatic rings. The highest BCUT2D eigenvalue weighted by molar-refractivity contribution is 5.43. The van der Waals surface area contributed by atoms with Crippen LogP contribution in [0.25, 0.3) is 0 Å². The summed E-state index contributed by atoms with van der Waals surface area (Å²) in [6.45, 7) is 13.0. The van der Waals surface area contributed by atoms with E-state index in [0.29, 0.717) is 6.54 Å². The second-order valence-electron chi connectivity index (χ2n) is 5.33. The van der Waals surface area contributed by atoms with E-state index in [0.717, 1.165) is 29.7 Å². The van der Waals surface area contributed by atoms with E-state index < -0.39 is 0 Å². The largest absolute Gasteiger partial charge is 0.488 e. The molecule has 0 radical (unpaired) electrons. The van der Waals surface area contributed by atoms with Gasteiger partial charge in [0.05, 0.1) is 0 Å². The van der Waals surface area contributed by atoms with Crippen LogP contribution in [0.1, 0.15) is 42.0 Å². The Balaban J connectivity index is 0.00000324. The zero-order valence-corrected chi connectivity index (χ0v) is 12.0. The predicted octanol–water partition coefficient (Wildman–Crippen LogP) is 4.11. The number of rotatable bonds is 5. The van der Waals surface area contributed by atoms with Gasteiger partial charge in [0.15, 0.2) is 0 Å². The van der Waals surface area contributed by atoms with E-state index in [1.54, 1.807) is 0 Å². The van der Waals surface area contributed by atoms with Crippen LogP contribution < -0.4 is 5.73 Å². The number of hydrogen-bond acceptors (Lipinski definition) is 2. The molecule has 0 fully saturated rings. The van der Waals surface area contributed by atoms with Crippen LogP contribution in [0.3, 0.4) is 0 Å². The fraction of sp³-hybridized carbons (Fsp3) is 0.500. The van der Waals surface area contributed by atoms with Gasteiger partial charge >= 0.3 is 0 Å². The van der Waals surface area contributed by atoms with E-state index >= 15 is 0 Å². The molecule has 1 aliphatic carbocycles. The fourth-order valence-corrected chi connectivity index (χ4v) is 1.83. The lowest BCUT2D eigenvalue weighted by Crippen LogP contribution is -2.23. The van der Waals surface area contributed by atoms with Gasteiger partial charge in [0.25, 0.3) is 0 Å². The minimum absolute atomic E-state index is 0. The van der Waals surface area contributed by atoms with Gasteiger partial charge in [-0.05, 0) is 44.8 Å². The maximum absolute atomic E-state index is 5.97. The van der Waals surface area contributed by atoms with Crippen LogP contribution in [0.15, 0.2) is 47.3 Å². The average Bonchev–Trinajstić information content (AvgIpc) is 2.50. The molecule has 0 aromatic rings. The van der Waals surface area contributed by atoms with Gasteiger partial charge in [0, 0.05) is 13.5 Å². The molecule has 0 aliphatic heterocycles. The number of nitrogens with two attached hydrogens (primary N) is 1. The zero-order chi connectivity index (χ0) is 13.8. The van der Waals surface area contributed by atoms with Crippen molar-refractivity contribution in [2.75, 3.05) is 6.54 Å². The van der Waals surface area contributed by atoms with Crippen LogP contribution in [0.5, 0.6) is 0 Å². The molecule has 2 nitrogen and oxygen atoms in total. The molecule has 0 aromatic carbocycles. The van der Waals surface area contributed by atoms with Crippen molar-refractivity contribution >= 4 is 0 Å². The van der Waals surface area contributed by atoms with Crippen molar-refractivity contribution in [2.45, 2.75) is 46.1 Å². The minimum Gasteiger partial charge on any atom is -0.488 e. The molecule has 0 saturated heterocycles. The molecule has 0 aromatic heterocycles. The molecule has 2 N–H and O–H groups in total. The Morgan fingerprint density at radius 1 is 1.56 bits per heavy atom. The number of hydrogen-bond donors (Lipinski definition) is 1. The van der Waals surface area contributed by atoms with Gasteiger partial charge in [0.1, 0.15) is 11.4 Å². The highest BCUT2D eigenvalue weighted by Gasteiger charge is 2.19. The van der Waals surface area contributed by atoms with Gasteiger partial charge in [0.2, 0.25) is 0 Å². The molecule has 0 unspecified atom stereocenters. The number of ether oxygens (including phenoxy) is 1. The maximum atomic E-state index is 5.97. The average molecular weight is 249 g/mol. The molecule has 102 valence electrons. The Morgan fingerprint density at radius 2 is 2.22 bits per heavy atom. The van der Waals surface area contributed by atoms with Crippen molar-refractivity contribution in [1.29, 1.82) is 0 Å². The van der Waals surface area contributed by atoms with Crippen LogP contribution in [0.4, 0.5) is 0 Å². The lowest BCUT2D eigenvalue weighted by atomic mass is 10.0. The smallest absolute Gasteiger partial charge is 0.116 e. The summed E-state index contributed by atoms with van der Waals surface area (Å²) in [6, 6.07) is 0. The highest BCUT2D eigenvalue weighted by Crippen LogP contribution is 2.28. The lowest BCUT2D eigenvalue weighted by molar-refractivity contribution is 0.0367. The first kappa shape index (κ1) is 14.8. The summed E-state index contributed by atoms with van der Waals surface area (Å²) in [5.41, 5.74) is 9.02. The van der Waals surface area contributed by atoms with Crippen LogP contribution in [-0.4, -0.2) is 12.1 Å². The van der Waals surface area contributed by atoms with Crippen molar-refractivity contribution in [1.82, 2.24) is 0 Å². The SMILES string of the molecule is C=C(OC(C)(C)CC)C1=C(C)C=C(CN)C=CC1.[HH]. The third kappa shape index (κ3) is 3.88. The normalized spacial score (nSPS) is 16.4. The zero-order valence-electron chi connectivity index (χ0n) is 12.0. The molecule has 0 bridgehead atoms. The Labute approximate surface area is 112 Å². The van der Waals surface area contributed by atoms with E-state index in [4.69, 9.17) is 10.5 Å². The molecule has 1 rings (SSSR count). The summed E-state index contributed by atoms with van der Waals surface area (Å²) < 4.78 is 5.97. The minimum atomic E-state index is -0.166. The first-order valence-corrected chi connectivity index (χ1v) is 6.55. The maximum Gasteiger partial charge on any atom is 0.116 e. The summed E-state index contributed by atoms with van der Waals surface area (Å²) in [6.07, 6.45) is 8.13. The predicted molar refractivity (Wildman–Crippen MR) is 80.3 cm³/mol. The van der Waals surface area contributed by atoms with Crippen molar-refractivity contribution in [3.8, 4) is 0 Å². The summed E-state index contributed by atoms with van der Waals surface area (Å²) >= 11 is 0. The van der Waals surface area contributed by atoms with Gasteiger partial charge < -0.3 is 10.5 Å². The molecule has 0 spiro atoms. The van der Waals surface area contributed by atoms with E-state index in [2.05, 4.69) is 52.5 Å². The molecule has 0 heterocycles. The van der Waals surface area contributed by atoms with Crippen LogP contribution in [0, 0.1) is 0 Å². The van der Waals surface area contributed by atoms with Gasteiger partial charge in [-0.15, -0.1) is 0 Å². The second kappa shape index (κ2) is 6.05. The second-order valence-corrected chi connectivity index (χ2v) is 5.33. The van der Waals surface area contributed by atoms with Gasteiger partial charge in [-0.3, -0.25) is 0 Å². The van der Waals surface area contributed by atoms with E-state index in [9.17, 15) is 0 Å². The fourth-order valence-electron chi connectivity index (χ4n) is 1.83. The Hall–Kier alpha value is -1.28. The van der Waals surface area contributed by atoms with Crippen LogP contribution >= 0.6 is 0 Å². The van der Waals surface area contributed by atoms with Crippen molar-refractivity contribution in [3.63, 3.8) is 0 Å². The third-order valence-corrected chi connectivity index (χ3v) is 3.36. The van der Waals surface area contributed by atoms with Crippen molar-refractivity contribution < 1.29 is 6.16 Å². The third-order valence-electron chi connectivity index (χ3n) is 3.36. The van der Waals surface area contributed by atoms with Crippen molar-refractivity contribution in [2.24, 2.45) is 5.73 Å². The molecular weight excluding hydrogens is 222 g/mol. The standard InChI is InChI=1S/C16H25NO.H2/c1-6-16(4,5)18-13(3)15-9-7-8-14(11-17)10-12(15)2;/h7-8,10H,3,6,9,11,17H2,1-2,4-5H3;1H. The van der Waals surface area contributed by atoms with Crippen LogP contribution in [0.2, 0.25) is 0 Å². The molecule has 2 heteroatoms. The molecule has 18 heavy (non-hydrogen) atoms. The highest BCUT2D eigenvalue weighted by atomic mass is 16.5. The summed E-state index contributed by atoms with van der Waals surface area (Å²) in [5.74, 6) is 0.776. The van der Waals surface area contributed by atoms with Crippen LogP contribution in [-0.2, 0) is 4.74 Å². The monoisotopic (exact) mass is 249 g/mol. The number of allylic oxidation sites excluding steroid dienone is 4. The summed E-state index contributed by atoms with van der Waals surface area (Å²) in [4.78, 5) is 0. The molecular formula is C16H27NO. The van der Waals surface area contributed by atoms with E-state index in [1.165, 1.54) is 5.57 Å². The first-order chi connectivity index (χ1) is 8.39. The van der Waals surface area contributed by atoms with Gasteiger partial charge in [-0.1, -0.05) is 31.7 Å². The van der Waals surface area contributed by atoms with E-state index in [-0.39, 0.29) is 7.03 Å². The first-order valence-electron chi connectivity index (χ1n) is 6.55. The Morgan fingerprint density at radius 3 is 2.78 bits per heavy atom. The van der Waals surface area contributed by atoms with Gasteiger partial charge in [-0.2, -0.15) is 0 Å². The Bertz CT molecular complexity index is 416. The topological polar surface area (TPSA) is 35.2 Å². The van der Waals surface area contributed by atoms with E-state index in [1.807, 2.05) is 0 Å². The quantitative estimate of drug-likeness (QED) is 0.744. The summed E-state index contributed by atoms with van der Waals surface area (Å²) in [5, 5.41) is 0. The molecule has 0 amide bonds. The molecule has 0 atom stereocenters.